The van der Waals surface area contributed by atoms with Gasteiger partial charge in [-0.3, -0.25) is 4.79 Å². The number of hydrogen-bond donors (Lipinski definition) is 1. The lowest BCUT2D eigenvalue weighted by Crippen LogP contribution is -2.42. The van der Waals surface area contributed by atoms with Crippen LogP contribution in [-0.2, 0) is 21.7 Å². The van der Waals surface area contributed by atoms with Crippen LogP contribution in [0.3, 0.4) is 0 Å². The van der Waals surface area contributed by atoms with Gasteiger partial charge in [0, 0.05) is 0 Å². The Morgan fingerprint density at radius 1 is 1.09 bits per heavy atom. The van der Waals surface area contributed by atoms with Crippen LogP contribution in [0.25, 0.3) is 0 Å². The van der Waals surface area contributed by atoms with Crippen molar-refractivity contribution in [1.29, 1.82) is 0 Å². The number of amides is 1. The maximum absolute atomic E-state index is 12.1. The molecule has 0 saturated carbocycles. The molecule has 2 rings (SSSR count). The topological polar surface area (TPSA) is 38.3 Å². The van der Waals surface area contributed by atoms with Gasteiger partial charge < -0.3 is 10.1 Å². The van der Waals surface area contributed by atoms with Crippen LogP contribution >= 0.6 is 23.2 Å². The second kappa shape index (κ2) is 7.82. The highest BCUT2D eigenvalue weighted by Crippen LogP contribution is 2.28. The molecule has 0 saturated heterocycles. The van der Waals surface area contributed by atoms with E-state index in [4.69, 9.17) is 27.9 Å². The first-order valence-corrected chi connectivity index (χ1v) is 8.02. The van der Waals surface area contributed by atoms with Crippen molar-refractivity contribution < 1.29 is 9.53 Å². The fraction of sp³-hybridized carbons (Fsp3) is 0.278. The number of carbonyl (C=O) groups is 1. The summed E-state index contributed by atoms with van der Waals surface area (Å²) in [6, 6.07) is 15.1. The molecule has 0 heterocycles. The average Bonchev–Trinajstić information content (AvgIpc) is 2.50. The Hall–Kier alpha value is -1.55. The molecule has 0 aliphatic carbocycles. The first-order valence-electron chi connectivity index (χ1n) is 7.27. The molecular weight excluding hydrogens is 333 g/mol. The minimum absolute atomic E-state index is 0.000351. The third-order valence-electron chi connectivity index (χ3n) is 3.44. The van der Waals surface area contributed by atoms with Crippen LogP contribution in [0.15, 0.2) is 48.5 Å². The van der Waals surface area contributed by atoms with E-state index in [9.17, 15) is 4.79 Å². The van der Waals surface area contributed by atoms with E-state index in [2.05, 4.69) is 5.32 Å². The largest absolute Gasteiger partial charge is 0.367 e. The summed E-state index contributed by atoms with van der Waals surface area (Å²) >= 11 is 12.0. The first-order chi connectivity index (χ1) is 10.9. The summed E-state index contributed by atoms with van der Waals surface area (Å²) in [6.45, 7) is 4.21. The highest BCUT2D eigenvalue weighted by molar-refractivity contribution is 6.42. The molecule has 0 aromatic heterocycles. The molecule has 3 nitrogen and oxygen atoms in total. The Labute approximate surface area is 146 Å². The molecule has 0 aliphatic heterocycles. The molecule has 2 aromatic carbocycles. The quantitative estimate of drug-likeness (QED) is 0.828. The van der Waals surface area contributed by atoms with Crippen LogP contribution in [0.2, 0.25) is 10.0 Å². The van der Waals surface area contributed by atoms with Gasteiger partial charge in [0.2, 0.25) is 5.91 Å². The molecule has 0 radical (unpaired) electrons. The standard InChI is InChI=1S/C18H19Cl2NO2/c1-18(2,14-8-9-15(19)16(20)10-14)21-17(22)12-23-11-13-6-4-3-5-7-13/h3-10H,11-12H2,1-2H3,(H,21,22). The van der Waals surface area contributed by atoms with Crippen molar-refractivity contribution in [3.8, 4) is 0 Å². The van der Waals surface area contributed by atoms with Gasteiger partial charge in [-0.05, 0) is 37.1 Å². The number of rotatable bonds is 6. The zero-order chi connectivity index (χ0) is 16.9. The van der Waals surface area contributed by atoms with Gasteiger partial charge in [-0.1, -0.05) is 59.6 Å². The number of nitrogens with one attached hydrogen (secondary N) is 1. The zero-order valence-corrected chi connectivity index (χ0v) is 14.6. The Bertz CT molecular complexity index is 672. The van der Waals surface area contributed by atoms with Gasteiger partial charge in [-0.2, -0.15) is 0 Å². The van der Waals surface area contributed by atoms with E-state index in [0.717, 1.165) is 11.1 Å². The third kappa shape index (κ3) is 5.24. The lowest BCUT2D eigenvalue weighted by molar-refractivity contribution is -0.127. The molecule has 0 aliphatic rings. The Morgan fingerprint density at radius 3 is 2.43 bits per heavy atom. The van der Waals surface area contributed by atoms with Gasteiger partial charge in [0.1, 0.15) is 6.61 Å². The molecule has 2 aromatic rings. The second-order valence-electron chi connectivity index (χ2n) is 5.78. The van der Waals surface area contributed by atoms with Gasteiger partial charge in [-0.15, -0.1) is 0 Å². The highest BCUT2D eigenvalue weighted by Gasteiger charge is 2.23. The number of halogens is 2. The monoisotopic (exact) mass is 351 g/mol. The number of hydrogen-bond acceptors (Lipinski definition) is 2. The van der Waals surface area contributed by atoms with Crippen molar-refractivity contribution in [2.45, 2.75) is 26.0 Å². The fourth-order valence-electron chi connectivity index (χ4n) is 2.18. The van der Waals surface area contributed by atoms with E-state index in [1.54, 1.807) is 12.1 Å². The van der Waals surface area contributed by atoms with Crippen molar-refractivity contribution in [3.05, 3.63) is 69.7 Å². The van der Waals surface area contributed by atoms with Gasteiger partial charge >= 0.3 is 0 Å². The molecule has 5 heteroatoms. The van der Waals surface area contributed by atoms with Crippen LogP contribution < -0.4 is 5.32 Å². The Kier molecular flexibility index (Phi) is 6.05. The van der Waals surface area contributed by atoms with Crippen molar-refractivity contribution in [1.82, 2.24) is 5.32 Å². The lowest BCUT2D eigenvalue weighted by atomic mass is 9.94. The molecule has 23 heavy (non-hydrogen) atoms. The van der Waals surface area contributed by atoms with Crippen molar-refractivity contribution in [2.24, 2.45) is 0 Å². The van der Waals surface area contributed by atoms with Gasteiger partial charge in [-0.25, -0.2) is 0 Å². The summed E-state index contributed by atoms with van der Waals surface area (Å²) in [4.78, 5) is 12.1. The minimum Gasteiger partial charge on any atom is -0.367 e. The maximum atomic E-state index is 12.1. The summed E-state index contributed by atoms with van der Waals surface area (Å²) < 4.78 is 5.45. The number of benzene rings is 2. The number of ether oxygens (including phenoxy) is 1. The van der Waals surface area contributed by atoms with Crippen LogP contribution in [0.1, 0.15) is 25.0 Å². The van der Waals surface area contributed by atoms with Gasteiger partial charge in [0.15, 0.2) is 0 Å². The molecule has 1 amide bonds. The van der Waals surface area contributed by atoms with Crippen LogP contribution in [-0.4, -0.2) is 12.5 Å². The van der Waals surface area contributed by atoms with Gasteiger partial charge in [0.05, 0.1) is 22.2 Å². The Balaban J connectivity index is 1.89. The van der Waals surface area contributed by atoms with Crippen LogP contribution in [0.5, 0.6) is 0 Å². The molecule has 0 bridgehead atoms. The molecular formula is C18H19Cl2NO2. The smallest absolute Gasteiger partial charge is 0.246 e. The SMILES string of the molecule is CC(C)(NC(=O)COCc1ccccc1)c1ccc(Cl)c(Cl)c1. The third-order valence-corrected chi connectivity index (χ3v) is 4.18. The van der Waals surface area contributed by atoms with Crippen molar-refractivity contribution in [2.75, 3.05) is 6.61 Å². The summed E-state index contributed by atoms with van der Waals surface area (Å²) in [5.41, 5.74) is 1.34. The Morgan fingerprint density at radius 2 is 1.78 bits per heavy atom. The molecule has 0 spiro atoms. The normalized spacial score (nSPS) is 11.3. The van der Waals surface area contributed by atoms with Crippen LogP contribution in [0, 0.1) is 0 Å². The van der Waals surface area contributed by atoms with E-state index in [1.807, 2.05) is 50.2 Å². The second-order valence-corrected chi connectivity index (χ2v) is 6.59. The van der Waals surface area contributed by atoms with E-state index in [0.29, 0.717) is 16.7 Å². The number of carbonyl (C=O) groups excluding carboxylic acids is 1. The fourth-order valence-corrected chi connectivity index (χ4v) is 2.48. The average molecular weight is 352 g/mol. The molecule has 0 atom stereocenters. The predicted octanol–water partition coefficient (Wildman–Crippen LogP) is 4.56. The van der Waals surface area contributed by atoms with E-state index >= 15 is 0 Å². The van der Waals surface area contributed by atoms with E-state index < -0.39 is 5.54 Å². The first kappa shape index (κ1) is 17.8. The lowest BCUT2D eigenvalue weighted by Gasteiger charge is -2.27. The molecule has 0 unspecified atom stereocenters. The summed E-state index contributed by atoms with van der Waals surface area (Å²) in [6.07, 6.45) is 0. The van der Waals surface area contributed by atoms with Gasteiger partial charge in [0.25, 0.3) is 0 Å². The van der Waals surface area contributed by atoms with Crippen molar-refractivity contribution >= 4 is 29.1 Å². The van der Waals surface area contributed by atoms with E-state index in [-0.39, 0.29) is 12.5 Å². The summed E-state index contributed by atoms with van der Waals surface area (Å²) in [7, 11) is 0. The summed E-state index contributed by atoms with van der Waals surface area (Å²) in [5, 5.41) is 3.89. The minimum atomic E-state index is -0.568. The van der Waals surface area contributed by atoms with Crippen molar-refractivity contribution in [3.63, 3.8) is 0 Å². The predicted molar refractivity (Wildman–Crippen MR) is 93.7 cm³/mol. The summed E-state index contributed by atoms with van der Waals surface area (Å²) in [5.74, 6) is -0.183. The van der Waals surface area contributed by atoms with E-state index in [1.165, 1.54) is 0 Å². The zero-order valence-electron chi connectivity index (χ0n) is 13.1. The molecule has 1 N–H and O–H groups in total. The highest BCUT2D eigenvalue weighted by atomic mass is 35.5. The van der Waals surface area contributed by atoms with Crippen LogP contribution in [0.4, 0.5) is 0 Å². The molecule has 0 fully saturated rings. The maximum Gasteiger partial charge on any atom is 0.246 e. The molecule has 122 valence electrons.